The summed E-state index contributed by atoms with van der Waals surface area (Å²) in [6.07, 6.45) is 5.42. The second-order valence-corrected chi connectivity index (χ2v) is 5.59. The molecule has 0 amide bonds. The van der Waals surface area contributed by atoms with Crippen LogP contribution in [0.1, 0.15) is 47.5 Å². The van der Waals surface area contributed by atoms with Gasteiger partial charge in [0.1, 0.15) is 5.83 Å². The van der Waals surface area contributed by atoms with Crippen molar-refractivity contribution >= 4 is 0 Å². The smallest absolute Gasteiger partial charge is 0.123 e. The lowest BCUT2D eigenvalue weighted by Gasteiger charge is -2.40. The first-order chi connectivity index (χ1) is 7.91. The van der Waals surface area contributed by atoms with Gasteiger partial charge in [-0.3, -0.25) is 0 Å². The zero-order chi connectivity index (χ0) is 13.2. The van der Waals surface area contributed by atoms with Crippen LogP contribution < -0.4 is 0 Å². The molecule has 0 unspecified atom stereocenters. The van der Waals surface area contributed by atoms with Gasteiger partial charge in [0.15, 0.2) is 0 Å². The van der Waals surface area contributed by atoms with Gasteiger partial charge < -0.3 is 0 Å². The number of hydrogen-bond donors (Lipinski definition) is 0. The molecule has 0 aromatic carbocycles. The van der Waals surface area contributed by atoms with E-state index in [-0.39, 0.29) is 11.2 Å². The average molecular weight is 236 g/mol. The molecule has 0 fully saturated rings. The van der Waals surface area contributed by atoms with Crippen LogP contribution in [-0.2, 0) is 0 Å². The summed E-state index contributed by atoms with van der Waals surface area (Å²) >= 11 is 0. The Kier molecular flexibility index (Phi) is 4.35. The third kappa shape index (κ3) is 2.12. The van der Waals surface area contributed by atoms with Crippen molar-refractivity contribution in [1.29, 1.82) is 0 Å². The summed E-state index contributed by atoms with van der Waals surface area (Å²) in [5.74, 6) is 0.834. The van der Waals surface area contributed by atoms with Gasteiger partial charge in [0.25, 0.3) is 0 Å². The Hall–Kier alpha value is -0.850. The lowest BCUT2D eigenvalue weighted by atomic mass is 9.64. The molecule has 0 atom stereocenters. The first-order valence-electron chi connectivity index (χ1n) is 6.60. The van der Waals surface area contributed by atoms with Crippen molar-refractivity contribution in [2.45, 2.75) is 47.5 Å². The molecule has 0 nitrogen and oxygen atoms in total. The first kappa shape index (κ1) is 14.2. The third-order valence-electron chi connectivity index (χ3n) is 4.39. The molecular formula is C16H25F. The Morgan fingerprint density at radius 3 is 2.18 bits per heavy atom. The standard InChI is InChI=1S/C16H25F/c1-7-13-9-10-16(11(3)4,12(5)6)15(13)14(17)8-2/h7-8,11-12H,1,9-10H2,2-6H3/b14-8+. The van der Waals surface area contributed by atoms with Crippen LogP contribution in [-0.4, -0.2) is 0 Å². The topological polar surface area (TPSA) is 0 Å². The van der Waals surface area contributed by atoms with Gasteiger partial charge in [0.2, 0.25) is 0 Å². The highest BCUT2D eigenvalue weighted by molar-refractivity contribution is 5.45. The summed E-state index contributed by atoms with van der Waals surface area (Å²) in [4.78, 5) is 0. The summed E-state index contributed by atoms with van der Waals surface area (Å²) < 4.78 is 14.2. The van der Waals surface area contributed by atoms with E-state index in [9.17, 15) is 4.39 Å². The van der Waals surface area contributed by atoms with Gasteiger partial charge in [-0.1, -0.05) is 46.4 Å². The van der Waals surface area contributed by atoms with Crippen molar-refractivity contribution in [3.8, 4) is 0 Å². The molecule has 0 aliphatic heterocycles. The molecular weight excluding hydrogens is 211 g/mol. The van der Waals surface area contributed by atoms with E-state index in [1.807, 2.05) is 6.08 Å². The second kappa shape index (κ2) is 5.20. The molecule has 1 rings (SSSR count). The summed E-state index contributed by atoms with van der Waals surface area (Å²) in [5, 5.41) is 0. The summed E-state index contributed by atoms with van der Waals surface area (Å²) in [6.45, 7) is 14.4. The number of halogens is 1. The third-order valence-corrected chi connectivity index (χ3v) is 4.39. The molecule has 0 aromatic rings. The van der Waals surface area contributed by atoms with Gasteiger partial charge in [-0.15, -0.1) is 0 Å². The number of hydrogen-bond acceptors (Lipinski definition) is 0. The molecule has 0 saturated carbocycles. The monoisotopic (exact) mass is 236 g/mol. The molecule has 0 N–H and O–H groups in total. The van der Waals surface area contributed by atoms with Crippen LogP contribution in [0, 0.1) is 17.3 Å². The van der Waals surface area contributed by atoms with Crippen LogP contribution in [0.2, 0.25) is 0 Å². The predicted molar refractivity (Wildman–Crippen MR) is 73.4 cm³/mol. The van der Waals surface area contributed by atoms with Gasteiger partial charge >= 0.3 is 0 Å². The predicted octanol–water partition coefficient (Wildman–Crippen LogP) is 5.43. The maximum Gasteiger partial charge on any atom is 0.123 e. The van der Waals surface area contributed by atoms with Crippen molar-refractivity contribution in [2.75, 3.05) is 0 Å². The Labute approximate surface area is 105 Å². The zero-order valence-electron chi connectivity index (χ0n) is 11.8. The van der Waals surface area contributed by atoms with E-state index < -0.39 is 0 Å². The van der Waals surface area contributed by atoms with E-state index in [1.165, 1.54) is 0 Å². The van der Waals surface area contributed by atoms with Gasteiger partial charge in [0, 0.05) is 5.41 Å². The highest BCUT2D eigenvalue weighted by Gasteiger charge is 2.46. The summed E-state index contributed by atoms with van der Waals surface area (Å²) in [5.41, 5.74) is 1.99. The minimum absolute atomic E-state index is 0.0277. The highest BCUT2D eigenvalue weighted by atomic mass is 19.1. The van der Waals surface area contributed by atoms with Crippen LogP contribution in [0.25, 0.3) is 0 Å². The quantitative estimate of drug-likeness (QED) is 0.610. The van der Waals surface area contributed by atoms with Gasteiger partial charge in [0.05, 0.1) is 0 Å². The fourth-order valence-electron chi connectivity index (χ4n) is 3.44. The molecule has 0 aromatic heterocycles. The minimum Gasteiger partial charge on any atom is -0.207 e. The summed E-state index contributed by atoms with van der Waals surface area (Å²) in [7, 11) is 0. The van der Waals surface area contributed by atoms with Crippen molar-refractivity contribution < 1.29 is 4.39 Å². The average Bonchev–Trinajstić information content (AvgIpc) is 2.68. The molecule has 17 heavy (non-hydrogen) atoms. The van der Waals surface area contributed by atoms with Gasteiger partial charge in [-0.05, 0) is 42.7 Å². The van der Waals surface area contributed by atoms with Crippen LogP contribution in [0.4, 0.5) is 4.39 Å². The van der Waals surface area contributed by atoms with Crippen molar-refractivity contribution in [3.63, 3.8) is 0 Å². The van der Waals surface area contributed by atoms with Gasteiger partial charge in [-0.25, -0.2) is 4.39 Å². The Morgan fingerprint density at radius 1 is 1.29 bits per heavy atom. The first-order valence-corrected chi connectivity index (χ1v) is 6.60. The van der Waals surface area contributed by atoms with E-state index in [2.05, 4.69) is 34.3 Å². The highest BCUT2D eigenvalue weighted by Crippen LogP contribution is 2.55. The van der Waals surface area contributed by atoms with Crippen LogP contribution in [0.3, 0.4) is 0 Å². The van der Waals surface area contributed by atoms with E-state index in [0.29, 0.717) is 11.8 Å². The normalized spacial score (nSPS) is 20.6. The largest absolute Gasteiger partial charge is 0.207 e. The Morgan fingerprint density at radius 2 is 1.82 bits per heavy atom. The molecule has 96 valence electrons. The van der Waals surface area contributed by atoms with Gasteiger partial charge in [-0.2, -0.15) is 0 Å². The lowest BCUT2D eigenvalue weighted by Crippen LogP contribution is -2.33. The fraction of sp³-hybridized carbons (Fsp3) is 0.625. The Bertz CT molecular complexity index is 348. The van der Waals surface area contributed by atoms with Crippen LogP contribution >= 0.6 is 0 Å². The van der Waals surface area contributed by atoms with Crippen molar-refractivity contribution in [2.24, 2.45) is 17.3 Å². The molecule has 0 bridgehead atoms. The molecule has 0 spiro atoms. The maximum atomic E-state index is 14.2. The lowest BCUT2D eigenvalue weighted by molar-refractivity contribution is 0.160. The SMILES string of the molecule is C=CC1=C(/C(F)=C\C)C(C(C)C)(C(C)C)CC1. The molecule has 1 aliphatic rings. The fourth-order valence-corrected chi connectivity index (χ4v) is 3.44. The van der Waals surface area contributed by atoms with Crippen molar-refractivity contribution in [1.82, 2.24) is 0 Å². The van der Waals surface area contributed by atoms with E-state index in [4.69, 9.17) is 0 Å². The molecule has 0 saturated heterocycles. The molecule has 1 heteroatoms. The number of allylic oxidation sites excluding steroid dienone is 5. The van der Waals surface area contributed by atoms with E-state index in [0.717, 1.165) is 24.0 Å². The minimum atomic E-state index is -0.0557. The Balaban J connectivity index is 3.43. The van der Waals surface area contributed by atoms with Crippen molar-refractivity contribution in [3.05, 3.63) is 35.7 Å². The number of rotatable bonds is 4. The second-order valence-electron chi connectivity index (χ2n) is 5.59. The maximum absolute atomic E-state index is 14.2. The molecule has 0 radical (unpaired) electrons. The molecule has 1 aliphatic carbocycles. The van der Waals surface area contributed by atoms with E-state index in [1.54, 1.807) is 13.0 Å². The van der Waals surface area contributed by atoms with Crippen LogP contribution in [0.15, 0.2) is 35.7 Å². The summed E-state index contributed by atoms with van der Waals surface area (Å²) in [6, 6.07) is 0. The molecule has 0 heterocycles. The van der Waals surface area contributed by atoms with Crippen LogP contribution in [0.5, 0.6) is 0 Å². The zero-order valence-corrected chi connectivity index (χ0v) is 11.8. The van der Waals surface area contributed by atoms with E-state index >= 15 is 0 Å².